The Morgan fingerprint density at radius 1 is 0.962 bits per heavy atom. The van der Waals surface area contributed by atoms with Crippen molar-refractivity contribution in [2.24, 2.45) is 0 Å². The lowest BCUT2D eigenvalue weighted by Crippen LogP contribution is -2.29. The highest BCUT2D eigenvalue weighted by Crippen LogP contribution is 2.10. The molecule has 2 aromatic carbocycles. The van der Waals surface area contributed by atoms with Gasteiger partial charge in [0.15, 0.2) is 0 Å². The third-order valence-electron chi connectivity index (χ3n) is 3.56. The number of carbonyl (C=O) groups is 3. The van der Waals surface area contributed by atoms with Crippen molar-refractivity contribution in [3.8, 4) is 0 Å². The van der Waals surface area contributed by atoms with E-state index in [0.717, 1.165) is 5.56 Å². The zero-order chi connectivity index (χ0) is 18.9. The molecule has 6 nitrogen and oxygen atoms in total. The number of rotatable bonds is 7. The molecule has 2 amide bonds. The molecule has 0 aromatic heterocycles. The zero-order valence-electron chi connectivity index (χ0n) is 14.3. The molecular formula is C19H19FN2O4. The Hall–Kier alpha value is -3.22. The smallest absolute Gasteiger partial charge is 0.337 e. The van der Waals surface area contributed by atoms with Gasteiger partial charge in [-0.05, 0) is 48.4 Å². The molecule has 136 valence electrons. The Balaban J connectivity index is 1.73. The van der Waals surface area contributed by atoms with E-state index in [9.17, 15) is 18.8 Å². The Morgan fingerprint density at radius 2 is 1.62 bits per heavy atom. The molecule has 0 saturated carbocycles. The topological polar surface area (TPSA) is 84.5 Å². The van der Waals surface area contributed by atoms with Gasteiger partial charge in [-0.25, -0.2) is 9.18 Å². The highest BCUT2D eigenvalue weighted by Gasteiger charge is 2.10. The lowest BCUT2D eigenvalue weighted by Gasteiger charge is -2.07. The first-order chi connectivity index (χ1) is 12.5. The number of benzene rings is 2. The molecule has 0 aliphatic heterocycles. The number of hydrogen-bond donors (Lipinski definition) is 2. The van der Waals surface area contributed by atoms with Crippen LogP contribution in [0.4, 0.5) is 10.1 Å². The fourth-order valence-corrected chi connectivity index (χ4v) is 2.22. The van der Waals surface area contributed by atoms with E-state index in [1.54, 1.807) is 24.3 Å². The summed E-state index contributed by atoms with van der Waals surface area (Å²) in [6.07, 6.45) is 0.227. The molecule has 2 rings (SSSR count). The summed E-state index contributed by atoms with van der Waals surface area (Å²) < 4.78 is 17.4. The molecule has 0 saturated heterocycles. The van der Waals surface area contributed by atoms with Crippen LogP contribution in [0, 0.1) is 5.82 Å². The molecule has 7 heteroatoms. The number of amides is 2. The van der Waals surface area contributed by atoms with Crippen molar-refractivity contribution >= 4 is 23.5 Å². The van der Waals surface area contributed by atoms with E-state index in [-0.39, 0.29) is 12.2 Å². The van der Waals surface area contributed by atoms with Gasteiger partial charge in [-0.3, -0.25) is 9.59 Å². The molecule has 0 radical (unpaired) electrons. The van der Waals surface area contributed by atoms with Crippen molar-refractivity contribution in [1.82, 2.24) is 5.32 Å². The van der Waals surface area contributed by atoms with Crippen LogP contribution in [0.25, 0.3) is 0 Å². The number of halogens is 1. The maximum Gasteiger partial charge on any atom is 0.337 e. The monoisotopic (exact) mass is 358 g/mol. The lowest BCUT2D eigenvalue weighted by atomic mass is 10.1. The number of methoxy groups -OCH3 is 1. The highest BCUT2D eigenvalue weighted by molar-refractivity contribution is 6.03. The normalized spacial score (nSPS) is 10.1. The molecule has 2 N–H and O–H groups in total. The average molecular weight is 358 g/mol. The van der Waals surface area contributed by atoms with Crippen LogP contribution in [-0.4, -0.2) is 31.4 Å². The molecular weight excluding hydrogens is 339 g/mol. The molecule has 0 fully saturated rings. The molecule has 0 atom stereocenters. The van der Waals surface area contributed by atoms with E-state index in [2.05, 4.69) is 15.4 Å². The first kappa shape index (κ1) is 19.1. The second kappa shape index (κ2) is 9.31. The van der Waals surface area contributed by atoms with Crippen LogP contribution in [0.5, 0.6) is 0 Å². The Morgan fingerprint density at radius 3 is 2.23 bits per heavy atom. The van der Waals surface area contributed by atoms with Gasteiger partial charge < -0.3 is 15.4 Å². The maximum absolute atomic E-state index is 12.8. The number of hydrogen-bond acceptors (Lipinski definition) is 4. The van der Waals surface area contributed by atoms with Crippen molar-refractivity contribution in [3.63, 3.8) is 0 Å². The predicted octanol–water partition coefficient (Wildman–Crippen LogP) is 2.30. The number of esters is 1. The van der Waals surface area contributed by atoms with E-state index >= 15 is 0 Å². The summed E-state index contributed by atoms with van der Waals surface area (Å²) in [6.45, 7) is 0.353. The standard InChI is InChI=1S/C19H19FN2O4/c1-26-19(25)14-4-8-16(9-5-14)22-18(24)12-17(23)21-11-10-13-2-6-15(20)7-3-13/h2-9H,10-12H2,1H3,(H,21,23)(H,22,24). The van der Waals surface area contributed by atoms with Crippen LogP contribution in [0.3, 0.4) is 0 Å². The number of ether oxygens (including phenoxy) is 1. The first-order valence-electron chi connectivity index (χ1n) is 7.97. The Bertz CT molecular complexity index is 773. The van der Waals surface area contributed by atoms with Crippen molar-refractivity contribution < 1.29 is 23.5 Å². The SMILES string of the molecule is COC(=O)c1ccc(NC(=O)CC(=O)NCCc2ccc(F)cc2)cc1. The molecule has 0 bridgehead atoms. The van der Waals surface area contributed by atoms with E-state index in [1.165, 1.54) is 31.4 Å². The summed E-state index contributed by atoms with van der Waals surface area (Å²) in [5.41, 5.74) is 1.73. The molecule has 0 aliphatic rings. The predicted molar refractivity (Wildman–Crippen MR) is 94.1 cm³/mol. The Kier molecular flexibility index (Phi) is 6.84. The summed E-state index contributed by atoms with van der Waals surface area (Å²) in [4.78, 5) is 35.0. The van der Waals surface area contributed by atoms with Gasteiger partial charge in [0.05, 0.1) is 12.7 Å². The van der Waals surface area contributed by atoms with Gasteiger partial charge in [0.2, 0.25) is 11.8 Å². The first-order valence-corrected chi connectivity index (χ1v) is 7.97. The number of carbonyl (C=O) groups excluding carboxylic acids is 3. The quantitative estimate of drug-likeness (QED) is 0.588. The van der Waals surface area contributed by atoms with Crippen LogP contribution in [-0.2, 0) is 20.7 Å². The third-order valence-corrected chi connectivity index (χ3v) is 3.56. The fourth-order valence-electron chi connectivity index (χ4n) is 2.22. The van der Waals surface area contributed by atoms with E-state index in [1.807, 2.05) is 0 Å². The summed E-state index contributed by atoms with van der Waals surface area (Å²) in [6, 6.07) is 12.1. The fraction of sp³-hybridized carbons (Fsp3) is 0.211. The minimum Gasteiger partial charge on any atom is -0.465 e. The van der Waals surface area contributed by atoms with Crippen LogP contribution in [0.15, 0.2) is 48.5 Å². The number of anilines is 1. The lowest BCUT2D eigenvalue weighted by molar-refractivity contribution is -0.126. The van der Waals surface area contributed by atoms with E-state index < -0.39 is 17.8 Å². The van der Waals surface area contributed by atoms with Crippen molar-refractivity contribution in [3.05, 3.63) is 65.5 Å². The van der Waals surface area contributed by atoms with Gasteiger partial charge >= 0.3 is 5.97 Å². The third kappa shape index (κ3) is 6.01. The van der Waals surface area contributed by atoms with Crippen molar-refractivity contribution in [1.29, 1.82) is 0 Å². The molecule has 0 unspecified atom stereocenters. The van der Waals surface area contributed by atoms with E-state index in [4.69, 9.17) is 0 Å². The van der Waals surface area contributed by atoms with E-state index in [0.29, 0.717) is 24.2 Å². The maximum atomic E-state index is 12.8. The second-order valence-corrected chi connectivity index (χ2v) is 5.52. The van der Waals surface area contributed by atoms with Gasteiger partial charge in [-0.2, -0.15) is 0 Å². The van der Waals surface area contributed by atoms with Gasteiger partial charge in [-0.15, -0.1) is 0 Å². The summed E-state index contributed by atoms with van der Waals surface area (Å²) in [7, 11) is 1.28. The van der Waals surface area contributed by atoms with Crippen molar-refractivity contribution in [2.45, 2.75) is 12.8 Å². The average Bonchev–Trinajstić information content (AvgIpc) is 2.63. The minimum atomic E-state index is -0.469. The molecule has 26 heavy (non-hydrogen) atoms. The molecule has 0 aliphatic carbocycles. The second-order valence-electron chi connectivity index (χ2n) is 5.52. The Labute approximate surface area is 150 Å². The molecule has 2 aromatic rings. The largest absolute Gasteiger partial charge is 0.465 e. The highest BCUT2D eigenvalue weighted by atomic mass is 19.1. The van der Waals surface area contributed by atoms with Gasteiger partial charge in [-0.1, -0.05) is 12.1 Å². The van der Waals surface area contributed by atoms with Gasteiger partial charge in [0.25, 0.3) is 0 Å². The number of nitrogens with one attached hydrogen (secondary N) is 2. The van der Waals surface area contributed by atoms with Crippen LogP contribution < -0.4 is 10.6 Å². The summed E-state index contributed by atoms with van der Waals surface area (Å²) in [5.74, 6) is -1.65. The van der Waals surface area contributed by atoms with Crippen molar-refractivity contribution in [2.75, 3.05) is 19.0 Å². The van der Waals surface area contributed by atoms with Gasteiger partial charge in [0.1, 0.15) is 12.2 Å². The summed E-state index contributed by atoms with van der Waals surface area (Å²) in [5, 5.41) is 5.22. The molecule has 0 heterocycles. The summed E-state index contributed by atoms with van der Waals surface area (Å²) >= 11 is 0. The van der Waals surface area contributed by atoms with Crippen LogP contribution >= 0.6 is 0 Å². The molecule has 0 spiro atoms. The van der Waals surface area contributed by atoms with Crippen LogP contribution in [0.2, 0.25) is 0 Å². The minimum absolute atomic E-state index is 0.311. The van der Waals surface area contributed by atoms with Gasteiger partial charge in [0, 0.05) is 12.2 Å². The van der Waals surface area contributed by atoms with Crippen LogP contribution in [0.1, 0.15) is 22.3 Å². The zero-order valence-corrected chi connectivity index (χ0v) is 14.3.